The van der Waals surface area contributed by atoms with Crippen molar-refractivity contribution >= 4 is 12.0 Å². The van der Waals surface area contributed by atoms with Crippen molar-refractivity contribution in [2.75, 3.05) is 28.4 Å². The fraction of sp³-hybridized carbons (Fsp3) is 0.192. The molecule has 5 heteroatoms. The van der Waals surface area contributed by atoms with Crippen LogP contribution in [0.5, 0.6) is 17.2 Å². The van der Waals surface area contributed by atoms with Crippen LogP contribution in [-0.4, -0.2) is 39.2 Å². The predicted octanol–water partition coefficient (Wildman–Crippen LogP) is 4.97. The monoisotopic (exact) mass is 417 g/mol. The molecule has 0 aliphatic carbocycles. The van der Waals surface area contributed by atoms with E-state index in [1.165, 1.54) is 0 Å². The molecule has 0 N–H and O–H groups in total. The van der Waals surface area contributed by atoms with Gasteiger partial charge in [-0.3, -0.25) is 4.79 Å². The Morgan fingerprint density at radius 3 is 1.71 bits per heavy atom. The number of nitrogens with zero attached hydrogens (tertiary/aromatic N) is 1. The van der Waals surface area contributed by atoms with Crippen LogP contribution in [0.3, 0.4) is 0 Å². The first-order valence-electron chi connectivity index (χ1n) is 9.93. The molecular formula is C26H27NO4. The van der Waals surface area contributed by atoms with Crippen LogP contribution in [0.4, 0.5) is 0 Å². The van der Waals surface area contributed by atoms with E-state index in [0.29, 0.717) is 17.2 Å². The molecule has 0 atom stereocenters. The third-order valence-electron chi connectivity index (χ3n) is 5.07. The van der Waals surface area contributed by atoms with E-state index in [2.05, 4.69) is 0 Å². The number of benzene rings is 3. The van der Waals surface area contributed by atoms with Crippen molar-refractivity contribution in [3.05, 3.63) is 95.6 Å². The number of amides is 1. The highest BCUT2D eigenvalue weighted by atomic mass is 16.5. The molecule has 0 fully saturated rings. The maximum Gasteiger partial charge on any atom is 0.247 e. The summed E-state index contributed by atoms with van der Waals surface area (Å²) in [6.45, 7) is 0. The molecule has 0 saturated heterocycles. The summed E-state index contributed by atoms with van der Waals surface area (Å²) in [5.41, 5.74) is 2.86. The summed E-state index contributed by atoms with van der Waals surface area (Å²) >= 11 is 0. The quantitative estimate of drug-likeness (QED) is 0.486. The Morgan fingerprint density at radius 2 is 1.29 bits per heavy atom. The minimum atomic E-state index is -0.195. The SMILES string of the molecule is COc1cc(/C=C/C(=O)N(C)C(c2ccccc2)c2ccccc2)cc(OC)c1OC. The van der Waals surface area contributed by atoms with E-state index >= 15 is 0 Å². The molecule has 31 heavy (non-hydrogen) atoms. The summed E-state index contributed by atoms with van der Waals surface area (Å²) < 4.78 is 16.1. The number of hydrogen-bond acceptors (Lipinski definition) is 4. The fourth-order valence-corrected chi connectivity index (χ4v) is 3.52. The van der Waals surface area contributed by atoms with Gasteiger partial charge in [0.25, 0.3) is 0 Å². The zero-order valence-corrected chi connectivity index (χ0v) is 18.2. The highest BCUT2D eigenvalue weighted by Crippen LogP contribution is 2.38. The van der Waals surface area contributed by atoms with Crippen LogP contribution in [0.2, 0.25) is 0 Å². The Balaban J connectivity index is 1.90. The van der Waals surface area contributed by atoms with Gasteiger partial charge in [0.05, 0.1) is 27.4 Å². The normalized spacial score (nSPS) is 10.9. The third-order valence-corrected chi connectivity index (χ3v) is 5.07. The third kappa shape index (κ3) is 5.07. The minimum absolute atomic E-state index is 0.119. The molecule has 0 aliphatic heterocycles. The van der Waals surface area contributed by atoms with E-state index < -0.39 is 0 Å². The second kappa shape index (κ2) is 10.3. The maximum atomic E-state index is 13.1. The summed E-state index contributed by atoms with van der Waals surface area (Å²) in [4.78, 5) is 14.8. The predicted molar refractivity (Wildman–Crippen MR) is 123 cm³/mol. The Bertz CT molecular complexity index is 967. The van der Waals surface area contributed by atoms with Crippen molar-refractivity contribution in [3.8, 4) is 17.2 Å². The summed E-state index contributed by atoms with van der Waals surface area (Å²) in [7, 11) is 6.50. The molecule has 3 rings (SSSR count). The van der Waals surface area contributed by atoms with Crippen molar-refractivity contribution in [1.82, 2.24) is 4.90 Å². The van der Waals surface area contributed by atoms with Gasteiger partial charge < -0.3 is 19.1 Å². The molecule has 0 aliphatic rings. The number of carbonyl (C=O) groups is 1. The van der Waals surface area contributed by atoms with Gasteiger partial charge in [-0.2, -0.15) is 0 Å². The Hall–Kier alpha value is -3.73. The summed E-state index contributed by atoms with van der Waals surface area (Å²) in [5.74, 6) is 1.47. The minimum Gasteiger partial charge on any atom is -0.493 e. The van der Waals surface area contributed by atoms with Gasteiger partial charge in [-0.1, -0.05) is 60.7 Å². The van der Waals surface area contributed by atoms with Crippen molar-refractivity contribution in [2.45, 2.75) is 6.04 Å². The molecule has 160 valence electrons. The summed E-state index contributed by atoms with van der Waals surface area (Å²) in [6, 6.07) is 23.4. The average molecular weight is 418 g/mol. The molecule has 0 unspecified atom stereocenters. The maximum absolute atomic E-state index is 13.1. The molecule has 3 aromatic carbocycles. The highest BCUT2D eigenvalue weighted by Gasteiger charge is 2.22. The highest BCUT2D eigenvalue weighted by molar-refractivity contribution is 5.92. The van der Waals surface area contributed by atoms with E-state index in [1.807, 2.05) is 67.7 Å². The topological polar surface area (TPSA) is 48.0 Å². The van der Waals surface area contributed by atoms with E-state index in [0.717, 1.165) is 16.7 Å². The van der Waals surface area contributed by atoms with Gasteiger partial charge in [0, 0.05) is 13.1 Å². The number of carbonyl (C=O) groups excluding carboxylic acids is 1. The standard InChI is InChI=1S/C26H27NO4/c1-27(25(20-11-7-5-8-12-20)21-13-9-6-10-14-21)24(28)16-15-19-17-22(29-2)26(31-4)23(18-19)30-3/h5-18,25H,1-4H3/b16-15+. The molecule has 0 aromatic heterocycles. The number of likely N-dealkylation sites (N-methyl/N-ethyl adjacent to an activating group) is 1. The molecule has 1 amide bonds. The van der Waals surface area contributed by atoms with Gasteiger partial charge >= 0.3 is 0 Å². The van der Waals surface area contributed by atoms with Crippen molar-refractivity contribution in [3.63, 3.8) is 0 Å². The molecule has 0 bridgehead atoms. The van der Waals surface area contributed by atoms with Gasteiger partial charge in [-0.15, -0.1) is 0 Å². The second-order valence-electron chi connectivity index (χ2n) is 6.97. The van der Waals surface area contributed by atoms with Gasteiger partial charge in [0.15, 0.2) is 11.5 Å². The van der Waals surface area contributed by atoms with E-state index in [-0.39, 0.29) is 11.9 Å². The van der Waals surface area contributed by atoms with Gasteiger partial charge in [-0.05, 0) is 34.9 Å². The molecule has 0 spiro atoms. The lowest BCUT2D eigenvalue weighted by Crippen LogP contribution is -2.30. The van der Waals surface area contributed by atoms with Crippen molar-refractivity contribution in [1.29, 1.82) is 0 Å². The molecule has 5 nitrogen and oxygen atoms in total. The molecule has 0 heterocycles. The first-order chi connectivity index (χ1) is 15.1. The number of rotatable bonds is 8. The van der Waals surface area contributed by atoms with Gasteiger partial charge in [0.1, 0.15) is 0 Å². The second-order valence-corrected chi connectivity index (χ2v) is 6.97. The van der Waals surface area contributed by atoms with Crippen LogP contribution in [0.15, 0.2) is 78.9 Å². The fourth-order valence-electron chi connectivity index (χ4n) is 3.52. The number of ether oxygens (including phenoxy) is 3. The smallest absolute Gasteiger partial charge is 0.247 e. The molecule has 0 radical (unpaired) electrons. The van der Waals surface area contributed by atoms with Crippen LogP contribution in [0.25, 0.3) is 6.08 Å². The van der Waals surface area contributed by atoms with Crippen LogP contribution in [-0.2, 0) is 4.79 Å². The first kappa shape index (κ1) is 22.0. The Morgan fingerprint density at radius 1 is 0.806 bits per heavy atom. The van der Waals surface area contributed by atoms with Crippen LogP contribution < -0.4 is 14.2 Å². The van der Waals surface area contributed by atoms with Crippen LogP contribution in [0.1, 0.15) is 22.7 Å². The van der Waals surface area contributed by atoms with Gasteiger partial charge in [-0.25, -0.2) is 0 Å². The lowest BCUT2D eigenvalue weighted by molar-refractivity contribution is -0.126. The van der Waals surface area contributed by atoms with Gasteiger partial charge in [0.2, 0.25) is 11.7 Å². The summed E-state index contributed by atoms with van der Waals surface area (Å²) in [5, 5.41) is 0. The van der Waals surface area contributed by atoms with E-state index in [1.54, 1.807) is 50.5 Å². The molecular weight excluding hydrogens is 390 g/mol. The Kier molecular flexibility index (Phi) is 7.33. The lowest BCUT2D eigenvalue weighted by atomic mass is 9.97. The Labute approximate surface area is 183 Å². The van der Waals surface area contributed by atoms with Crippen LogP contribution in [0, 0.1) is 0 Å². The van der Waals surface area contributed by atoms with Crippen molar-refractivity contribution < 1.29 is 19.0 Å². The summed E-state index contributed by atoms with van der Waals surface area (Å²) in [6.07, 6.45) is 3.30. The van der Waals surface area contributed by atoms with E-state index in [9.17, 15) is 4.79 Å². The largest absolute Gasteiger partial charge is 0.493 e. The van der Waals surface area contributed by atoms with E-state index in [4.69, 9.17) is 14.2 Å². The van der Waals surface area contributed by atoms with Crippen molar-refractivity contribution in [2.24, 2.45) is 0 Å². The lowest BCUT2D eigenvalue weighted by Gasteiger charge is -2.28. The zero-order chi connectivity index (χ0) is 22.2. The number of methoxy groups -OCH3 is 3. The average Bonchev–Trinajstić information content (AvgIpc) is 2.83. The first-order valence-corrected chi connectivity index (χ1v) is 9.93. The van der Waals surface area contributed by atoms with Crippen LogP contribution >= 0.6 is 0 Å². The number of hydrogen-bond donors (Lipinski definition) is 0. The zero-order valence-electron chi connectivity index (χ0n) is 18.2. The molecule has 0 saturated carbocycles. The molecule has 3 aromatic rings.